The first-order valence-electron chi connectivity index (χ1n) is 9.70. The number of benzene rings is 2. The number of carbonyl (C=O) groups excluding carboxylic acids is 2. The first kappa shape index (κ1) is 18.8. The van der Waals surface area contributed by atoms with Crippen molar-refractivity contribution in [2.75, 3.05) is 19.7 Å². The highest BCUT2D eigenvalue weighted by atomic mass is 35.5. The Morgan fingerprint density at radius 3 is 2.80 bits per heavy atom. The molecule has 1 aromatic heterocycles. The maximum atomic E-state index is 13.0. The van der Waals surface area contributed by atoms with E-state index in [1.54, 1.807) is 11.9 Å². The number of aromatic amines is 1. The van der Waals surface area contributed by atoms with Gasteiger partial charge in [-0.1, -0.05) is 24.3 Å². The van der Waals surface area contributed by atoms with Crippen LogP contribution < -0.4 is 14.8 Å². The Morgan fingerprint density at radius 2 is 2.00 bits per heavy atom. The number of aromatic nitrogens is 1. The SMILES string of the molecule is CNC(=O)[C@H]1Cc2c([nH]c3ccccc23)C(c2ccc3c(c2)OCO3)N1C(=O)CCl. The summed E-state index contributed by atoms with van der Waals surface area (Å²) in [5.41, 5.74) is 3.69. The molecule has 154 valence electrons. The number of alkyl halides is 1. The van der Waals surface area contributed by atoms with E-state index < -0.39 is 12.1 Å². The Balaban J connectivity index is 1.75. The third kappa shape index (κ3) is 2.81. The number of amides is 2. The molecule has 30 heavy (non-hydrogen) atoms. The lowest BCUT2D eigenvalue weighted by Crippen LogP contribution is -2.54. The van der Waals surface area contributed by atoms with Crippen LogP contribution >= 0.6 is 11.6 Å². The van der Waals surface area contributed by atoms with E-state index in [9.17, 15) is 9.59 Å². The quantitative estimate of drug-likeness (QED) is 0.632. The van der Waals surface area contributed by atoms with E-state index >= 15 is 0 Å². The van der Waals surface area contributed by atoms with Crippen molar-refractivity contribution in [3.8, 4) is 11.5 Å². The van der Waals surface area contributed by atoms with Gasteiger partial charge in [0.05, 0.1) is 6.04 Å². The third-order valence-electron chi connectivity index (χ3n) is 5.80. The van der Waals surface area contributed by atoms with Gasteiger partial charge in [-0.25, -0.2) is 0 Å². The molecule has 2 aromatic carbocycles. The number of carbonyl (C=O) groups is 2. The second kappa shape index (κ2) is 7.25. The summed E-state index contributed by atoms with van der Waals surface area (Å²) in [5.74, 6) is 0.520. The monoisotopic (exact) mass is 425 g/mol. The smallest absolute Gasteiger partial charge is 0.242 e. The molecule has 2 N–H and O–H groups in total. The third-order valence-corrected chi connectivity index (χ3v) is 6.02. The van der Waals surface area contributed by atoms with Gasteiger partial charge in [-0.05, 0) is 29.3 Å². The summed E-state index contributed by atoms with van der Waals surface area (Å²) >= 11 is 5.97. The zero-order chi connectivity index (χ0) is 20.8. The lowest BCUT2D eigenvalue weighted by molar-refractivity contribution is -0.141. The summed E-state index contributed by atoms with van der Waals surface area (Å²) in [6.45, 7) is 0.159. The van der Waals surface area contributed by atoms with Crippen molar-refractivity contribution >= 4 is 34.3 Å². The Morgan fingerprint density at radius 1 is 1.20 bits per heavy atom. The van der Waals surface area contributed by atoms with Gasteiger partial charge in [-0.2, -0.15) is 0 Å². The summed E-state index contributed by atoms with van der Waals surface area (Å²) in [4.78, 5) is 30.9. The van der Waals surface area contributed by atoms with Crippen LogP contribution in [0.1, 0.15) is 22.9 Å². The molecule has 1 unspecified atom stereocenters. The molecule has 2 aliphatic rings. The molecule has 2 atom stereocenters. The van der Waals surface area contributed by atoms with Gasteiger partial charge in [-0.3, -0.25) is 9.59 Å². The predicted molar refractivity (Wildman–Crippen MR) is 112 cm³/mol. The summed E-state index contributed by atoms with van der Waals surface area (Å²) in [5, 5.41) is 3.74. The Bertz CT molecular complexity index is 1160. The van der Waals surface area contributed by atoms with Gasteiger partial charge >= 0.3 is 0 Å². The molecule has 7 nitrogen and oxygen atoms in total. The van der Waals surface area contributed by atoms with Crippen LogP contribution in [0, 0.1) is 0 Å². The topological polar surface area (TPSA) is 83.7 Å². The summed E-state index contributed by atoms with van der Waals surface area (Å²) < 4.78 is 11.0. The van der Waals surface area contributed by atoms with Crippen molar-refractivity contribution < 1.29 is 19.1 Å². The lowest BCUT2D eigenvalue weighted by Gasteiger charge is -2.41. The van der Waals surface area contributed by atoms with Crippen LogP contribution in [0.5, 0.6) is 11.5 Å². The van der Waals surface area contributed by atoms with Crippen LogP contribution in [0.25, 0.3) is 10.9 Å². The molecule has 5 rings (SSSR count). The lowest BCUT2D eigenvalue weighted by atomic mass is 9.87. The molecule has 2 aliphatic heterocycles. The molecular weight excluding hydrogens is 406 g/mol. The zero-order valence-electron chi connectivity index (χ0n) is 16.3. The van der Waals surface area contributed by atoms with E-state index in [2.05, 4.69) is 10.3 Å². The van der Waals surface area contributed by atoms with Crippen LogP contribution in [0.4, 0.5) is 0 Å². The van der Waals surface area contributed by atoms with Crippen LogP contribution in [-0.2, 0) is 16.0 Å². The molecule has 0 aliphatic carbocycles. The molecule has 2 amide bonds. The number of likely N-dealkylation sites (N-methyl/N-ethyl adjacent to an activating group) is 1. The first-order valence-corrected chi connectivity index (χ1v) is 10.2. The minimum absolute atomic E-state index is 0.159. The van der Waals surface area contributed by atoms with E-state index in [0.29, 0.717) is 17.9 Å². The van der Waals surface area contributed by atoms with E-state index in [1.807, 2.05) is 42.5 Å². The van der Waals surface area contributed by atoms with E-state index in [-0.39, 0.29) is 24.5 Å². The number of hydrogen-bond donors (Lipinski definition) is 2. The molecular formula is C22H20ClN3O4. The average molecular weight is 426 g/mol. The molecule has 0 saturated carbocycles. The fourth-order valence-corrected chi connectivity index (χ4v) is 4.61. The highest BCUT2D eigenvalue weighted by Crippen LogP contribution is 2.43. The van der Waals surface area contributed by atoms with E-state index in [4.69, 9.17) is 21.1 Å². The van der Waals surface area contributed by atoms with Gasteiger partial charge < -0.3 is 24.7 Å². The van der Waals surface area contributed by atoms with Crippen LogP contribution in [0.15, 0.2) is 42.5 Å². The fraction of sp³-hybridized carbons (Fsp3) is 0.273. The van der Waals surface area contributed by atoms with E-state index in [0.717, 1.165) is 27.7 Å². The average Bonchev–Trinajstić information content (AvgIpc) is 3.40. The summed E-state index contributed by atoms with van der Waals surface area (Å²) in [7, 11) is 1.58. The first-order chi connectivity index (χ1) is 14.6. The number of rotatable bonds is 3. The maximum absolute atomic E-state index is 13.0. The largest absolute Gasteiger partial charge is 0.454 e. The molecule has 0 fully saturated rings. The molecule has 3 heterocycles. The predicted octanol–water partition coefficient (Wildman–Crippen LogP) is 2.72. The van der Waals surface area contributed by atoms with Gasteiger partial charge in [0.1, 0.15) is 11.9 Å². The summed E-state index contributed by atoms with van der Waals surface area (Å²) in [6.07, 6.45) is 0.405. The molecule has 0 radical (unpaired) electrons. The van der Waals surface area contributed by atoms with Gasteiger partial charge in [0.25, 0.3) is 0 Å². The van der Waals surface area contributed by atoms with Crippen molar-refractivity contribution in [1.82, 2.24) is 15.2 Å². The fourth-order valence-electron chi connectivity index (χ4n) is 4.47. The number of ether oxygens (including phenoxy) is 2. The molecule has 8 heteroatoms. The zero-order valence-corrected chi connectivity index (χ0v) is 17.0. The minimum Gasteiger partial charge on any atom is -0.454 e. The Kier molecular flexibility index (Phi) is 4.55. The van der Waals surface area contributed by atoms with Crippen molar-refractivity contribution in [2.45, 2.75) is 18.5 Å². The van der Waals surface area contributed by atoms with Gasteiger partial charge in [-0.15, -0.1) is 11.6 Å². The molecule has 0 spiro atoms. The number of nitrogens with one attached hydrogen (secondary N) is 2. The Hall–Kier alpha value is -3.19. The van der Waals surface area contributed by atoms with Crippen molar-refractivity contribution in [1.29, 1.82) is 0 Å². The van der Waals surface area contributed by atoms with Crippen molar-refractivity contribution in [3.63, 3.8) is 0 Å². The number of H-pyrrole nitrogens is 1. The minimum atomic E-state index is -0.677. The standard InChI is InChI=1S/C22H20ClN3O4/c1-24-22(28)16-9-14-13-4-2-3-5-15(13)25-20(14)21(26(16)19(27)10-23)12-6-7-17-18(8-12)30-11-29-17/h2-8,16,21,25H,9-11H2,1H3,(H,24,28)/t16-,21?/m1/s1. The summed E-state index contributed by atoms with van der Waals surface area (Å²) in [6, 6.07) is 12.3. The molecule has 3 aromatic rings. The van der Waals surface area contributed by atoms with Crippen LogP contribution in [0.3, 0.4) is 0 Å². The normalized spacial score (nSPS) is 19.6. The Labute approximate surface area is 177 Å². The molecule has 0 saturated heterocycles. The number of fused-ring (bicyclic) bond motifs is 4. The second-order valence-electron chi connectivity index (χ2n) is 7.35. The number of para-hydroxylation sites is 1. The van der Waals surface area contributed by atoms with Crippen molar-refractivity contribution in [2.24, 2.45) is 0 Å². The van der Waals surface area contributed by atoms with Crippen LogP contribution in [0.2, 0.25) is 0 Å². The van der Waals surface area contributed by atoms with Gasteiger partial charge in [0, 0.05) is 30.1 Å². The second-order valence-corrected chi connectivity index (χ2v) is 7.61. The van der Waals surface area contributed by atoms with Gasteiger partial charge in [0.15, 0.2) is 11.5 Å². The van der Waals surface area contributed by atoms with Gasteiger partial charge in [0.2, 0.25) is 18.6 Å². The van der Waals surface area contributed by atoms with Crippen LogP contribution in [-0.4, -0.2) is 47.5 Å². The van der Waals surface area contributed by atoms with E-state index in [1.165, 1.54) is 0 Å². The highest BCUT2D eigenvalue weighted by molar-refractivity contribution is 6.27. The number of hydrogen-bond acceptors (Lipinski definition) is 4. The maximum Gasteiger partial charge on any atom is 0.242 e. The molecule has 0 bridgehead atoms. The number of halogens is 1. The number of nitrogens with zero attached hydrogens (tertiary/aromatic N) is 1. The highest BCUT2D eigenvalue weighted by Gasteiger charge is 2.43. The van der Waals surface area contributed by atoms with Crippen molar-refractivity contribution in [3.05, 3.63) is 59.3 Å².